The Balaban J connectivity index is 0.00000423. The van der Waals surface area contributed by atoms with E-state index in [0.29, 0.717) is 32.1 Å². The van der Waals surface area contributed by atoms with E-state index in [1.54, 1.807) is 18.7 Å². The van der Waals surface area contributed by atoms with Gasteiger partial charge in [-0.25, -0.2) is 9.59 Å². The number of fused-ring (bicyclic) bond motifs is 1. The molecular formula is C28H38ClF3N8O3. The van der Waals surface area contributed by atoms with Crippen molar-refractivity contribution < 1.29 is 22.8 Å². The lowest BCUT2D eigenvalue weighted by Gasteiger charge is -2.37. The molecular weight excluding hydrogens is 589 g/mol. The van der Waals surface area contributed by atoms with Gasteiger partial charge in [0.25, 0.3) is 0 Å². The van der Waals surface area contributed by atoms with Crippen molar-refractivity contribution in [3.63, 3.8) is 0 Å². The summed E-state index contributed by atoms with van der Waals surface area (Å²) in [5.74, 6) is 0.302. The second-order valence-corrected chi connectivity index (χ2v) is 12.2. The fourth-order valence-electron chi connectivity index (χ4n) is 6.04. The number of nitrogens with two attached hydrogens (primary N) is 2. The van der Waals surface area contributed by atoms with Crippen LogP contribution in [0.1, 0.15) is 31.4 Å². The molecule has 3 fully saturated rings. The number of piperidine rings is 1. The van der Waals surface area contributed by atoms with Crippen molar-refractivity contribution in [1.82, 2.24) is 24.3 Å². The fraction of sp³-hybridized carbons (Fsp3) is 0.571. The standard InChI is InChI=1S/C28H37F3N8O3.ClH/c1-26(2,33)23(40)37-9-11-38(12-10-37)24(41)34-22-6-8-39(25(42)35-22)20-4-3-18(21(13-20)28(29,30)31)5-7-36-15-19-14-27(19,16-32)17-36;/h3-4,6,8,13,19H,5,7,9-12,14-17,32-33H2,1-2H3,(H,34,35,41,42);1H. The summed E-state index contributed by atoms with van der Waals surface area (Å²) in [6.07, 6.45) is -1.99. The van der Waals surface area contributed by atoms with Gasteiger partial charge in [-0.3, -0.25) is 14.7 Å². The van der Waals surface area contributed by atoms with E-state index < -0.39 is 29.0 Å². The van der Waals surface area contributed by atoms with Crippen molar-refractivity contribution in [2.24, 2.45) is 22.8 Å². The van der Waals surface area contributed by atoms with Gasteiger partial charge >= 0.3 is 17.9 Å². The summed E-state index contributed by atoms with van der Waals surface area (Å²) in [5, 5.41) is 2.55. The van der Waals surface area contributed by atoms with Crippen LogP contribution in [0.3, 0.4) is 0 Å². The van der Waals surface area contributed by atoms with Gasteiger partial charge in [0.05, 0.1) is 16.8 Å². The smallest absolute Gasteiger partial charge is 0.338 e. The van der Waals surface area contributed by atoms with Gasteiger partial charge in [-0.1, -0.05) is 6.07 Å². The third kappa shape index (κ3) is 6.97. The number of hydrogen-bond acceptors (Lipinski definition) is 7. The summed E-state index contributed by atoms with van der Waals surface area (Å²) in [6, 6.07) is 4.69. The van der Waals surface area contributed by atoms with Crippen LogP contribution < -0.4 is 22.5 Å². The summed E-state index contributed by atoms with van der Waals surface area (Å²) in [6.45, 7) is 7.20. The van der Waals surface area contributed by atoms with Crippen molar-refractivity contribution in [3.05, 3.63) is 52.1 Å². The lowest BCUT2D eigenvalue weighted by molar-refractivity contribution is -0.138. The van der Waals surface area contributed by atoms with Gasteiger partial charge in [0.1, 0.15) is 5.82 Å². The first kappa shape index (κ1) is 32.7. The molecule has 1 saturated carbocycles. The number of urea groups is 1. The second kappa shape index (κ2) is 12.1. The maximum atomic E-state index is 14.0. The molecule has 11 nitrogen and oxygen atoms in total. The molecule has 0 radical (unpaired) electrons. The summed E-state index contributed by atoms with van der Waals surface area (Å²) in [5.41, 5.74) is 9.46. The van der Waals surface area contributed by atoms with Gasteiger partial charge in [-0.2, -0.15) is 18.2 Å². The van der Waals surface area contributed by atoms with Crippen LogP contribution in [-0.4, -0.2) is 94.1 Å². The maximum Gasteiger partial charge on any atom is 0.416 e. The Morgan fingerprint density at radius 3 is 2.37 bits per heavy atom. The molecule has 236 valence electrons. The molecule has 2 saturated heterocycles. The minimum absolute atomic E-state index is 0. The number of amides is 3. The van der Waals surface area contributed by atoms with Crippen molar-refractivity contribution >= 4 is 30.2 Å². The van der Waals surface area contributed by atoms with Crippen LogP contribution in [0.2, 0.25) is 0 Å². The number of carbonyl (C=O) groups is 2. The van der Waals surface area contributed by atoms with Crippen molar-refractivity contribution in [3.8, 4) is 5.69 Å². The highest BCUT2D eigenvalue weighted by Gasteiger charge is 2.58. The lowest BCUT2D eigenvalue weighted by Crippen LogP contribution is -2.58. The summed E-state index contributed by atoms with van der Waals surface area (Å²) in [4.78, 5) is 47.0. The highest BCUT2D eigenvalue weighted by Crippen LogP contribution is 2.56. The fourth-order valence-corrected chi connectivity index (χ4v) is 6.04. The molecule has 0 spiro atoms. The normalized spacial score (nSPS) is 22.2. The third-order valence-corrected chi connectivity index (χ3v) is 8.60. The number of piperazine rings is 1. The number of carbonyl (C=O) groups excluding carboxylic acids is 2. The Labute approximate surface area is 253 Å². The van der Waals surface area contributed by atoms with Gasteiger partial charge < -0.3 is 26.2 Å². The molecule has 43 heavy (non-hydrogen) atoms. The molecule has 3 heterocycles. The number of alkyl halides is 3. The Bertz CT molecular complexity index is 1420. The Kier molecular flexibility index (Phi) is 9.17. The molecule has 3 amide bonds. The molecule has 1 aromatic carbocycles. The number of likely N-dealkylation sites (tertiary alicyclic amines) is 1. The maximum absolute atomic E-state index is 14.0. The quantitative estimate of drug-likeness (QED) is 0.426. The number of nitrogens with one attached hydrogen (secondary N) is 1. The minimum Gasteiger partial charge on any atom is -0.338 e. The van der Waals surface area contributed by atoms with Crippen LogP contribution in [0, 0.1) is 11.3 Å². The molecule has 2 atom stereocenters. The van der Waals surface area contributed by atoms with Gasteiger partial charge in [-0.15, -0.1) is 12.4 Å². The number of benzene rings is 1. The lowest BCUT2D eigenvalue weighted by atomic mass is 10.0. The number of hydrogen-bond donors (Lipinski definition) is 3. The van der Waals surface area contributed by atoms with E-state index in [9.17, 15) is 27.6 Å². The van der Waals surface area contributed by atoms with Crippen LogP contribution in [0.15, 0.2) is 35.3 Å². The van der Waals surface area contributed by atoms with E-state index in [-0.39, 0.29) is 60.3 Å². The molecule has 5 rings (SSSR count). The molecule has 3 aliphatic rings. The molecule has 1 aromatic heterocycles. The zero-order chi connectivity index (χ0) is 30.4. The number of rotatable bonds is 7. The number of halogens is 4. The molecule has 2 aliphatic heterocycles. The average molecular weight is 627 g/mol. The van der Waals surface area contributed by atoms with E-state index in [4.69, 9.17) is 11.5 Å². The zero-order valence-corrected chi connectivity index (χ0v) is 25.0. The molecule has 1 aliphatic carbocycles. The number of nitrogens with zero attached hydrogens (tertiary/aromatic N) is 5. The highest BCUT2D eigenvalue weighted by atomic mass is 35.5. The molecule has 15 heteroatoms. The molecule has 2 aromatic rings. The second-order valence-electron chi connectivity index (χ2n) is 12.2. The van der Waals surface area contributed by atoms with Gasteiger partial charge in [0.2, 0.25) is 5.91 Å². The third-order valence-electron chi connectivity index (χ3n) is 8.60. The van der Waals surface area contributed by atoms with Crippen LogP contribution in [0.4, 0.5) is 23.8 Å². The molecule has 2 unspecified atom stereocenters. The van der Waals surface area contributed by atoms with Crippen LogP contribution in [0.5, 0.6) is 0 Å². The molecule has 0 bridgehead atoms. The predicted molar refractivity (Wildman–Crippen MR) is 157 cm³/mol. The first-order valence-electron chi connectivity index (χ1n) is 14.1. The number of aromatic nitrogens is 2. The first-order chi connectivity index (χ1) is 19.7. The predicted octanol–water partition coefficient (Wildman–Crippen LogP) is 1.91. The summed E-state index contributed by atoms with van der Waals surface area (Å²) in [7, 11) is 0. The van der Waals surface area contributed by atoms with E-state index in [2.05, 4.69) is 15.2 Å². The largest absolute Gasteiger partial charge is 0.416 e. The SMILES string of the molecule is CC(C)(N)C(=O)N1CCN(C(=O)Nc2ccn(-c3ccc(CCN4CC5CC5(CN)C4)c(C(F)(F)F)c3)c(=O)n2)CC1.Cl. The number of anilines is 1. The Hall–Kier alpha value is -3.20. The van der Waals surface area contributed by atoms with Crippen LogP contribution in [0.25, 0.3) is 5.69 Å². The molecule has 5 N–H and O–H groups in total. The first-order valence-corrected chi connectivity index (χ1v) is 14.1. The van der Waals surface area contributed by atoms with Crippen molar-refractivity contribution in [2.45, 2.75) is 38.4 Å². The van der Waals surface area contributed by atoms with Crippen molar-refractivity contribution in [1.29, 1.82) is 0 Å². The summed E-state index contributed by atoms with van der Waals surface area (Å²) < 4.78 is 43.1. The average Bonchev–Trinajstić information content (AvgIpc) is 3.50. The van der Waals surface area contributed by atoms with E-state index in [0.717, 1.165) is 30.1 Å². The zero-order valence-electron chi connectivity index (χ0n) is 24.2. The minimum atomic E-state index is -4.60. The summed E-state index contributed by atoms with van der Waals surface area (Å²) >= 11 is 0. The van der Waals surface area contributed by atoms with Gasteiger partial charge in [0.15, 0.2) is 0 Å². The highest BCUT2D eigenvalue weighted by molar-refractivity contribution is 5.89. The monoisotopic (exact) mass is 626 g/mol. The van der Waals surface area contributed by atoms with Crippen molar-refractivity contribution in [2.75, 3.05) is 57.7 Å². The van der Waals surface area contributed by atoms with E-state index >= 15 is 0 Å². The van der Waals surface area contributed by atoms with E-state index in [1.165, 1.54) is 29.3 Å². The Morgan fingerprint density at radius 2 is 1.79 bits per heavy atom. The van der Waals surface area contributed by atoms with Crippen LogP contribution in [-0.2, 0) is 17.4 Å². The van der Waals surface area contributed by atoms with Gasteiger partial charge in [-0.05, 0) is 68.3 Å². The van der Waals surface area contributed by atoms with E-state index in [1.807, 2.05) is 0 Å². The van der Waals surface area contributed by atoms with Gasteiger partial charge in [0, 0.05) is 52.0 Å². The Morgan fingerprint density at radius 1 is 1.12 bits per heavy atom. The topological polar surface area (TPSA) is 143 Å². The van der Waals surface area contributed by atoms with Crippen LogP contribution >= 0.6 is 12.4 Å².